The van der Waals surface area contributed by atoms with Gasteiger partial charge in [-0.15, -0.1) is 0 Å². The van der Waals surface area contributed by atoms with Crippen LogP contribution in [-0.2, 0) is 23.8 Å². The third-order valence-electron chi connectivity index (χ3n) is 9.63. The molecule has 3 N–H and O–H groups in total. The molecule has 1 aromatic rings. The van der Waals surface area contributed by atoms with Gasteiger partial charge in [-0.25, -0.2) is 0 Å². The van der Waals surface area contributed by atoms with E-state index in [1.54, 1.807) is 40.7 Å². The highest BCUT2D eigenvalue weighted by Gasteiger charge is 2.67. The summed E-state index contributed by atoms with van der Waals surface area (Å²) in [5.74, 6) is -3.78. The minimum absolute atomic E-state index is 0.127. The smallest absolute Gasteiger partial charge is 0.303 e. The van der Waals surface area contributed by atoms with E-state index >= 15 is 0 Å². The molecular formula is C32H44O10. The van der Waals surface area contributed by atoms with Gasteiger partial charge in [-0.2, -0.15) is 0 Å². The summed E-state index contributed by atoms with van der Waals surface area (Å²) < 4.78 is 24.3. The summed E-state index contributed by atoms with van der Waals surface area (Å²) in [6.45, 7) is 14.8. The average molecular weight is 589 g/mol. The van der Waals surface area contributed by atoms with Crippen LogP contribution in [0.5, 0.6) is 17.2 Å². The van der Waals surface area contributed by atoms with Gasteiger partial charge in [0.1, 0.15) is 29.1 Å². The number of phenols is 2. The molecule has 4 rings (SSSR count). The van der Waals surface area contributed by atoms with E-state index < -0.39 is 70.6 Å². The lowest BCUT2D eigenvalue weighted by Crippen LogP contribution is -2.70. The molecule has 1 aliphatic carbocycles. The first-order chi connectivity index (χ1) is 19.4. The van der Waals surface area contributed by atoms with Gasteiger partial charge in [-0.3, -0.25) is 14.4 Å². The molecule has 10 heteroatoms. The lowest BCUT2D eigenvalue weighted by Gasteiger charge is -2.61. The molecule has 1 saturated heterocycles. The Morgan fingerprint density at radius 1 is 1.17 bits per heavy atom. The van der Waals surface area contributed by atoms with Crippen LogP contribution in [0.1, 0.15) is 103 Å². The highest BCUT2D eigenvalue weighted by atomic mass is 16.6. The van der Waals surface area contributed by atoms with E-state index in [1.807, 2.05) is 13.8 Å². The van der Waals surface area contributed by atoms with Crippen LogP contribution < -0.4 is 4.74 Å². The van der Waals surface area contributed by atoms with Crippen molar-refractivity contribution in [3.63, 3.8) is 0 Å². The summed E-state index contributed by atoms with van der Waals surface area (Å²) in [6, 6.07) is 1.32. The minimum atomic E-state index is -1.22. The summed E-state index contributed by atoms with van der Waals surface area (Å²) in [6.07, 6.45) is 0.0754. The highest BCUT2D eigenvalue weighted by Crippen LogP contribution is 2.61. The summed E-state index contributed by atoms with van der Waals surface area (Å²) in [7, 11) is 0. The van der Waals surface area contributed by atoms with Gasteiger partial charge < -0.3 is 34.3 Å². The van der Waals surface area contributed by atoms with E-state index in [2.05, 4.69) is 0 Å². The summed E-state index contributed by atoms with van der Waals surface area (Å²) >= 11 is 0. The molecule has 2 aliphatic heterocycles. The topological polar surface area (TPSA) is 149 Å². The predicted molar refractivity (Wildman–Crippen MR) is 152 cm³/mol. The van der Waals surface area contributed by atoms with Gasteiger partial charge in [-0.1, -0.05) is 19.9 Å². The third-order valence-corrected chi connectivity index (χ3v) is 9.63. The molecule has 10 nitrogen and oxygen atoms in total. The summed E-state index contributed by atoms with van der Waals surface area (Å²) in [4.78, 5) is 38.6. The Hall–Kier alpha value is -3.11. The van der Waals surface area contributed by atoms with Crippen LogP contribution in [0.2, 0.25) is 0 Å². The fraction of sp³-hybridized carbons (Fsp3) is 0.656. The Labute approximate surface area is 247 Å². The van der Waals surface area contributed by atoms with Crippen LogP contribution in [0.15, 0.2) is 17.7 Å². The van der Waals surface area contributed by atoms with Crippen molar-refractivity contribution in [3.05, 3.63) is 28.8 Å². The number of aromatic hydroxyl groups is 2. The molecular weight excluding hydrogens is 544 g/mol. The third kappa shape index (κ3) is 5.17. The summed E-state index contributed by atoms with van der Waals surface area (Å²) in [5, 5.41) is 33.5. The van der Waals surface area contributed by atoms with Crippen molar-refractivity contribution in [2.75, 3.05) is 0 Å². The maximum atomic E-state index is 14.4. The number of rotatable bonds is 6. The molecule has 2 heterocycles. The van der Waals surface area contributed by atoms with Crippen molar-refractivity contribution in [2.45, 2.75) is 123 Å². The highest BCUT2D eigenvalue weighted by molar-refractivity contribution is 6.06. The zero-order chi connectivity index (χ0) is 31.5. The lowest BCUT2D eigenvalue weighted by molar-refractivity contribution is -0.268. The SMILES string of the molecule is CC=C(C)C(OC(C)=O)C(C)c1cc(O)c2c(c1O)OC1(C)CCC3OC(C(C)(C)O)CC(OC(C)=O)C3(C)C1C2=O. The second kappa shape index (κ2) is 10.9. The number of fused-ring (bicyclic) bond motifs is 4. The van der Waals surface area contributed by atoms with Crippen molar-refractivity contribution in [1.82, 2.24) is 0 Å². The van der Waals surface area contributed by atoms with E-state index in [0.717, 1.165) is 5.57 Å². The van der Waals surface area contributed by atoms with Crippen molar-refractivity contribution < 1.29 is 48.7 Å². The molecule has 1 aromatic carbocycles. The van der Waals surface area contributed by atoms with Crippen LogP contribution in [0.25, 0.3) is 0 Å². The average Bonchev–Trinajstić information content (AvgIpc) is 2.87. The number of esters is 2. The molecule has 0 spiro atoms. The van der Waals surface area contributed by atoms with Crippen molar-refractivity contribution in [3.8, 4) is 17.2 Å². The van der Waals surface area contributed by atoms with Gasteiger partial charge in [-0.05, 0) is 59.1 Å². The maximum Gasteiger partial charge on any atom is 0.303 e. The Morgan fingerprint density at radius 3 is 2.36 bits per heavy atom. The van der Waals surface area contributed by atoms with E-state index in [1.165, 1.54) is 19.9 Å². The Morgan fingerprint density at radius 2 is 1.81 bits per heavy atom. The number of phenolic OH excluding ortho intramolecular Hbond substituents is 2. The van der Waals surface area contributed by atoms with Crippen molar-refractivity contribution in [2.24, 2.45) is 11.3 Å². The second-order valence-electron chi connectivity index (χ2n) is 13.1. The largest absolute Gasteiger partial charge is 0.507 e. The number of benzene rings is 1. The van der Waals surface area contributed by atoms with E-state index in [-0.39, 0.29) is 34.8 Å². The Bertz CT molecular complexity index is 1310. The Kier molecular flexibility index (Phi) is 8.23. The Balaban J connectivity index is 1.83. The number of allylic oxidation sites excluding steroid dienone is 1. The van der Waals surface area contributed by atoms with Gasteiger partial charge in [0.25, 0.3) is 0 Å². The van der Waals surface area contributed by atoms with Crippen LogP contribution in [-0.4, -0.2) is 68.7 Å². The molecule has 3 aliphatic rings. The van der Waals surface area contributed by atoms with Gasteiger partial charge in [0.15, 0.2) is 17.3 Å². The maximum absolute atomic E-state index is 14.4. The molecule has 8 unspecified atom stereocenters. The lowest BCUT2D eigenvalue weighted by atomic mass is 9.52. The van der Waals surface area contributed by atoms with E-state index in [4.69, 9.17) is 18.9 Å². The number of aliphatic hydroxyl groups is 1. The zero-order valence-corrected chi connectivity index (χ0v) is 25.9. The fourth-order valence-corrected chi connectivity index (χ4v) is 7.34. The molecule has 2 fully saturated rings. The van der Waals surface area contributed by atoms with Crippen LogP contribution in [0.3, 0.4) is 0 Å². The quantitative estimate of drug-likeness (QED) is 0.242. The zero-order valence-electron chi connectivity index (χ0n) is 25.9. The van der Waals surface area contributed by atoms with E-state index in [0.29, 0.717) is 12.8 Å². The number of ketones is 1. The van der Waals surface area contributed by atoms with Gasteiger partial charge >= 0.3 is 11.9 Å². The number of ether oxygens (including phenoxy) is 4. The van der Waals surface area contributed by atoms with Gasteiger partial charge in [0.05, 0.1) is 23.7 Å². The second-order valence-corrected chi connectivity index (χ2v) is 13.1. The first kappa shape index (κ1) is 31.8. The van der Waals surface area contributed by atoms with Crippen LogP contribution in [0, 0.1) is 11.3 Å². The first-order valence-corrected chi connectivity index (χ1v) is 14.5. The van der Waals surface area contributed by atoms with Gasteiger partial charge in [0.2, 0.25) is 0 Å². The van der Waals surface area contributed by atoms with Gasteiger partial charge in [0, 0.05) is 37.2 Å². The molecule has 8 atom stereocenters. The standard InChI is InChI=1S/C32H44O10/c1-10-15(2)27(40-18(5)34)16(3)19-13-20(35)24-26(37)29-31(8,42-28(24)25(19)36)12-11-21-32(29,9)23(39-17(4)33)14-22(41-21)30(6,7)38/h10,13,16,21-23,27,29,35-36,38H,11-12,14H2,1-9H3. The molecule has 42 heavy (non-hydrogen) atoms. The van der Waals surface area contributed by atoms with E-state index in [9.17, 15) is 29.7 Å². The monoisotopic (exact) mass is 588 g/mol. The molecule has 0 aromatic heterocycles. The number of hydrogen-bond acceptors (Lipinski definition) is 10. The van der Waals surface area contributed by atoms with Crippen molar-refractivity contribution in [1.29, 1.82) is 0 Å². The molecule has 1 saturated carbocycles. The molecule has 0 radical (unpaired) electrons. The number of Topliss-reactive ketones (excluding diaryl/α,β-unsaturated/α-hetero) is 1. The minimum Gasteiger partial charge on any atom is -0.507 e. The normalized spacial score (nSPS) is 32.4. The number of carbonyl (C=O) groups is 3. The molecule has 0 amide bonds. The predicted octanol–water partition coefficient (Wildman–Crippen LogP) is 4.71. The van der Waals surface area contributed by atoms with Crippen LogP contribution in [0.4, 0.5) is 0 Å². The molecule has 232 valence electrons. The first-order valence-electron chi connectivity index (χ1n) is 14.5. The van der Waals surface area contributed by atoms with Crippen molar-refractivity contribution >= 4 is 17.7 Å². The number of hydrogen-bond donors (Lipinski definition) is 3. The fourth-order valence-electron chi connectivity index (χ4n) is 7.34. The summed E-state index contributed by atoms with van der Waals surface area (Å²) in [5.41, 5.74) is -2.56. The number of carbonyl (C=O) groups excluding carboxylic acids is 3. The van der Waals surface area contributed by atoms with Crippen LogP contribution >= 0.6 is 0 Å². The molecule has 0 bridgehead atoms.